The van der Waals surface area contributed by atoms with Gasteiger partial charge in [0.25, 0.3) is 0 Å². The average molecular weight is 304 g/mol. The summed E-state index contributed by atoms with van der Waals surface area (Å²) in [6, 6.07) is 5.79. The van der Waals surface area contributed by atoms with Gasteiger partial charge in [0, 0.05) is 11.6 Å². The van der Waals surface area contributed by atoms with Gasteiger partial charge < -0.3 is 10.5 Å². The van der Waals surface area contributed by atoms with Crippen molar-refractivity contribution in [3.05, 3.63) is 23.8 Å². The minimum absolute atomic E-state index is 0.0948. The molecule has 0 aliphatic carbocycles. The Balaban J connectivity index is 2.14. The van der Waals surface area contributed by atoms with E-state index in [0.29, 0.717) is 29.6 Å². The summed E-state index contributed by atoms with van der Waals surface area (Å²) in [5, 5.41) is 0. The Kier molecular flexibility index (Phi) is 5.83. The Morgan fingerprint density at radius 2 is 2.18 bits per heavy atom. The summed E-state index contributed by atoms with van der Waals surface area (Å²) in [5.74, 6) is 0.797. The molecule has 1 saturated heterocycles. The number of hydrogen-bond donors (Lipinski definition) is 1. The molecule has 22 heavy (non-hydrogen) atoms. The number of nitrogens with zero attached hydrogens (tertiary/aromatic N) is 1. The fourth-order valence-electron chi connectivity index (χ4n) is 3.35. The van der Waals surface area contributed by atoms with Crippen LogP contribution in [0, 0.1) is 0 Å². The van der Waals surface area contributed by atoms with Crippen LogP contribution in [-0.2, 0) is 0 Å². The number of nitrogen functional groups attached to an aromatic ring is 1. The van der Waals surface area contributed by atoms with Crippen molar-refractivity contribution in [1.29, 1.82) is 0 Å². The summed E-state index contributed by atoms with van der Waals surface area (Å²) in [6.45, 7) is 7.72. The first-order valence-corrected chi connectivity index (χ1v) is 8.40. The second-order valence-corrected chi connectivity index (χ2v) is 6.02. The Bertz CT molecular complexity index is 516. The molecule has 2 rings (SSSR count). The number of nitrogens with two attached hydrogens (primary N) is 1. The number of hydrogen-bond acceptors (Lipinski definition) is 4. The van der Waals surface area contributed by atoms with Gasteiger partial charge in [0.05, 0.1) is 18.3 Å². The average Bonchev–Trinajstić information content (AvgIpc) is 2.55. The highest BCUT2D eigenvalue weighted by molar-refractivity contribution is 6.00. The second kappa shape index (κ2) is 7.63. The monoisotopic (exact) mass is 304 g/mol. The third kappa shape index (κ3) is 3.61. The van der Waals surface area contributed by atoms with Crippen molar-refractivity contribution in [2.45, 2.75) is 58.5 Å². The van der Waals surface area contributed by atoms with Gasteiger partial charge in [-0.05, 0) is 57.9 Å². The van der Waals surface area contributed by atoms with Crippen LogP contribution in [0.3, 0.4) is 0 Å². The summed E-state index contributed by atoms with van der Waals surface area (Å²) in [4.78, 5) is 15.1. The number of likely N-dealkylation sites (tertiary alicyclic amines) is 1. The lowest BCUT2D eigenvalue weighted by molar-refractivity contribution is 0.0661. The molecule has 1 aromatic rings. The lowest BCUT2D eigenvalue weighted by Gasteiger charge is -2.38. The molecule has 0 saturated carbocycles. The predicted octanol–water partition coefficient (Wildman–Crippen LogP) is 3.50. The van der Waals surface area contributed by atoms with Gasteiger partial charge >= 0.3 is 0 Å². The molecular formula is C18H28N2O2. The zero-order chi connectivity index (χ0) is 16.1. The molecule has 4 nitrogen and oxygen atoms in total. The van der Waals surface area contributed by atoms with Gasteiger partial charge in [0.15, 0.2) is 5.78 Å². The molecule has 1 heterocycles. The highest BCUT2D eigenvalue weighted by atomic mass is 16.5. The summed E-state index contributed by atoms with van der Waals surface area (Å²) < 4.78 is 5.44. The topological polar surface area (TPSA) is 55.6 Å². The number of benzene rings is 1. The van der Waals surface area contributed by atoms with E-state index in [2.05, 4.69) is 11.8 Å². The number of anilines is 1. The van der Waals surface area contributed by atoms with Crippen LogP contribution in [0.1, 0.15) is 56.8 Å². The molecule has 2 unspecified atom stereocenters. The van der Waals surface area contributed by atoms with Crippen molar-refractivity contribution in [3.8, 4) is 5.75 Å². The van der Waals surface area contributed by atoms with E-state index in [4.69, 9.17) is 10.5 Å². The van der Waals surface area contributed by atoms with E-state index in [-0.39, 0.29) is 11.8 Å². The first kappa shape index (κ1) is 16.8. The summed E-state index contributed by atoms with van der Waals surface area (Å²) >= 11 is 0. The van der Waals surface area contributed by atoms with Gasteiger partial charge in [-0.15, -0.1) is 0 Å². The summed E-state index contributed by atoms with van der Waals surface area (Å²) in [6.07, 6.45) is 4.74. The molecule has 1 aliphatic rings. The maximum Gasteiger partial charge on any atom is 0.179 e. The minimum Gasteiger partial charge on any atom is -0.492 e. The van der Waals surface area contributed by atoms with Crippen LogP contribution in [0.25, 0.3) is 0 Å². The van der Waals surface area contributed by atoms with E-state index >= 15 is 0 Å². The molecule has 4 heteroatoms. The second-order valence-electron chi connectivity index (χ2n) is 6.02. The van der Waals surface area contributed by atoms with Crippen molar-refractivity contribution in [1.82, 2.24) is 4.90 Å². The fraction of sp³-hybridized carbons (Fsp3) is 0.611. The molecule has 1 fully saturated rings. The summed E-state index contributed by atoms with van der Waals surface area (Å²) in [5.41, 5.74) is 7.19. The molecule has 1 aliphatic heterocycles. The van der Waals surface area contributed by atoms with Crippen LogP contribution in [0.2, 0.25) is 0 Å². The molecule has 0 bridgehead atoms. The zero-order valence-corrected chi connectivity index (χ0v) is 14.0. The third-order valence-electron chi connectivity index (χ3n) is 4.61. The molecule has 0 aromatic heterocycles. The Morgan fingerprint density at radius 1 is 1.41 bits per heavy atom. The smallest absolute Gasteiger partial charge is 0.179 e. The molecule has 0 amide bonds. The van der Waals surface area contributed by atoms with Crippen molar-refractivity contribution in [2.24, 2.45) is 0 Å². The molecule has 0 spiro atoms. The Hall–Kier alpha value is -1.55. The number of carbonyl (C=O) groups is 1. The number of piperidine rings is 1. The van der Waals surface area contributed by atoms with Crippen LogP contribution in [0.4, 0.5) is 5.69 Å². The normalized spacial score (nSPS) is 20.6. The first-order valence-electron chi connectivity index (χ1n) is 8.40. The van der Waals surface area contributed by atoms with Gasteiger partial charge in [0.1, 0.15) is 5.75 Å². The largest absolute Gasteiger partial charge is 0.492 e. The molecule has 2 N–H and O–H groups in total. The minimum atomic E-state index is -0.0948. The summed E-state index contributed by atoms with van der Waals surface area (Å²) in [7, 11) is 0. The van der Waals surface area contributed by atoms with Crippen LogP contribution in [0.15, 0.2) is 18.2 Å². The van der Waals surface area contributed by atoms with E-state index < -0.39 is 0 Å². The Morgan fingerprint density at radius 3 is 2.82 bits per heavy atom. The highest BCUT2D eigenvalue weighted by Gasteiger charge is 2.29. The van der Waals surface area contributed by atoms with Crippen molar-refractivity contribution >= 4 is 11.5 Å². The van der Waals surface area contributed by atoms with Crippen LogP contribution in [-0.4, -0.2) is 35.9 Å². The molecular weight excluding hydrogens is 276 g/mol. The van der Waals surface area contributed by atoms with Gasteiger partial charge in [-0.3, -0.25) is 9.69 Å². The van der Waals surface area contributed by atoms with Gasteiger partial charge in [-0.1, -0.05) is 13.3 Å². The van der Waals surface area contributed by atoms with E-state index in [9.17, 15) is 4.79 Å². The fourth-order valence-corrected chi connectivity index (χ4v) is 3.35. The van der Waals surface area contributed by atoms with Crippen LogP contribution < -0.4 is 10.5 Å². The van der Waals surface area contributed by atoms with Gasteiger partial charge in [-0.2, -0.15) is 0 Å². The number of Topliss-reactive ketones (excluding diaryl/α,β-unsaturated/α-hetero) is 1. The third-order valence-corrected chi connectivity index (χ3v) is 4.61. The van der Waals surface area contributed by atoms with E-state index in [1.807, 2.05) is 19.9 Å². The zero-order valence-electron chi connectivity index (χ0n) is 14.0. The highest BCUT2D eigenvalue weighted by Crippen LogP contribution is 2.26. The first-order chi connectivity index (χ1) is 10.6. The number of carbonyl (C=O) groups excluding carboxylic acids is 1. The van der Waals surface area contributed by atoms with Crippen molar-refractivity contribution < 1.29 is 9.53 Å². The van der Waals surface area contributed by atoms with Crippen molar-refractivity contribution in [3.63, 3.8) is 0 Å². The lowest BCUT2D eigenvalue weighted by atomic mass is 9.95. The SMILES string of the molecule is CCOc1ccc(C(=O)C(C)N2CCCCC2CC)cc1N. The predicted molar refractivity (Wildman–Crippen MR) is 90.5 cm³/mol. The number of ketones is 1. The van der Waals surface area contributed by atoms with Crippen LogP contribution >= 0.6 is 0 Å². The molecule has 122 valence electrons. The van der Waals surface area contributed by atoms with Gasteiger partial charge in [-0.25, -0.2) is 0 Å². The molecule has 0 radical (unpaired) electrons. The van der Waals surface area contributed by atoms with Crippen LogP contribution in [0.5, 0.6) is 5.75 Å². The maximum atomic E-state index is 12.8. The molecule has 1 aromatic carbocycles. The quantitative estimate of drug-likeness (QED) is 0.645. The van der Waals surface area contributed by atoms with Crippen molar-refractivity contribution in [2.75, 3.05) is 18.9 Å². The Labute approximate surface area is 133 Å². The maximum absolute atomic E-state index is 12.8. The van der Waals surface area contributed by atoms with E-state index in [0.717, 1.165) is 13.0 Å². The number of ether oxygens (including phenoxy) is 1. The lowest BCUT2D eigenvalue weighted by Crippen LogP contribution is -2.48. The number of rotatable bonds is 6. The van der Waals surface area contributed by atoms with E-state index in [1.165, 1.54) is 19.3 Å². The molecule has 2 atom stereocenters. The van der Waals surface area contributed by atoms with Gasteiger partial charge in [0.2, 0.25) is 0 Å². The van der Waals surface area contributed by atoms with E-state index in [1.54, 1.807) is 12.1 Å². The standard InChI is InChI=1S/C18H28N2O2/c1-4-15-8-6-7-11-20(15)13(3)18(21)14-9-10-17(22-5-2)16(19)12-14/h9-10,12-13,15H,4-8,11,19H2,1-3H3.